The van der Waals surface area contributed by atoms with Crippen LogP contribution in [0.25, 0.3) is 0 Å². The molecule has 1 aromatic heterocycles. The van der Waals surface area contributed by atoms with Crippen LogP contribution in [0.5, 0.6) is 0 Å². The lowest BCUT2D eigenvalue weighted by Crippen LogP contribution is -2.26. The van der Waals surface area contributed by atoms with Gasteiger partial charge in [-0.05, 0) is 11.5 Å². The number of carboxylic acid groups (broad SMARTS) is 1. The van der Waals surface area contributed by atoms with E-state index in [1.165, 1.54) is 5.38 Å². The average molecular weight is 203 g/mol. The molecule has 7 nitrogen and oxygen atoms in total. The van der Waals surface area contributed by atoms with Gasteiger partial charge in [-0.2, -0.15) is 0 Å². The number of nitrogens with one attached hydrogen (secondary N) is 1. The van der Waals surface area contributed by atoms with Gasteiger partial charge in [0.05, 0.1) is 0 Å². The van der Waals surface area contributed by atoms with E-state index in [0.717, 1.165) is 11.5 Å². The summed E-state index contributed by atoms with van der Waals surface area (Å²) >= 11 is 1.01. The van der Waals surface area contributed by atoms with Crippen LogP contribution in [-0.4, -0.2) is 33.2 Å². The quantitative estimate of drug-likeness (QED) is 0.626. The van der Waals surface area contributed by atoms with Crippen LogP contribution in [0.3, 0.4) is 0 Å². The molecule has 1 rings (SSSR count). The lowest BCUT2D eigenvalue weighted by atomic mass is 10.5. The molecule has 0 aliphatic carbocycles. The molecule has 0 aliphatic heterocycles. The normalized spacial score (nSPS) is 9.54. The molecule has 0 radical (unpaired) electrons. The lowest BCUT2D eigenvalue weighted by molar-refractivity contribution is -0.144. The van der Waals surface area contributed by atoms with Crippen molar-refractivity contribution in [2.24, 2.45) is 0 Å². The standard InChI is InChI=1S/C5H5N3O4S/c9-4(10)1-12-7-5(11)3-2-13-8-6-3/h2H,1H2,(H,7,11)(H,9,10). The van der Waals surface area contributed by atoms with Crippen molar-refractivity contribution in [3.63, 3.8) is 0 Å². The van der Waals surface area contributed by atoms with Crippen molar-refractivity contribution in [2.45, 2.75) is 0 Å². The summed E-state index contributed by atoms with van der Waals surface area (Å²) in [4.78, 5) is 25.2. The van der Waals surface area contributed by atoms with Crippen molar-refractivity contribution in [3.05, 3.63) is 11.1 Å². The first-order valence-corrected chi connectivity index (χ1v) is 3.95. The number of aliphatic carboxylic acids is 1. The highest BCUT2D eigenvalue weighted by Crippen LogP contribution is 1.95. The molecular formula is C5H5N3O4S. The second kappa shape index (κ2) is 4.48. The molecule has 0 saturated heterocycles. The van der Waals surface area contributed by atoms with Gasteiger partial charge in [-0.25, -0.2) is 10.3 Å². The van der Waals surface area contributed by atoms with Crippen molar-refractivity contribution < 1.29 is 19.5 Å². The molecule has 70 valence electrons. The van der Waals surface area contributed by atoms with E-state index in [9.17, 15) is 9.59 Å². The van der Waals surface area contributed by atoms with Crippen molar-refractivity contribution in [1.29, 1.82) is 0 Å². The number of nitrogens with zero attached hydrogens (tertiary/aromatic N) is 2. The summed E-state index contributed by atoms with van der Waals surface area (Å²) in [6.07, 6.45) is 0. The number of rotatable bonds is 4. The average Bonchev–Trinajstić information content (AvgIpc) is 2.55. The third-order valence-electron chi connectivity index (χ3n) is 0.953. The molecular weight excluding hydrogens is 198 g/mol. The topological polar surface area (TPSA) is 101 Å². The Bertz CT molecular complexity index is 299. The Labute approximate surface area is 76.5 Å². The Balaban J connectivity index is 2.31. The van der Waals surface area contributed by atoms with E-state index < -0.39 is 18.5 Å². The monoisotopic (exact) mass is 203 g/mol. The van der Waals surface area contributed by atoms with E-state index in [1.54, 1.807) is 0 Å². The molecule has 13 heavy (non-hydrogen) atoms. The second-order valence-electron chi connectivity index (χ2n) is 1.90. The summed E-state index contributed by atoms with van der Waals surface area (Å²) in [7, 11) is 0. The van der Waals surface area contributed by atoms with Crippen LogP contribution >= 0.6 is 11.5 Å². The molecule has 2 N–H and O–H groups in total. The van der Waals surface area contributed by atoms with Crippen molar-refractivity contribution in [2.75, 3.05) is 6.61 Å². The van der Waals surface area contributed by atoms with Gasteiger partial charge in [0.15, 0.2) is 12.3 Å². The molecule has 0 unspecified atom stereocenters. The Morgan fingerprint density at radius 2 is 2.46 bits per heavy atom. The zero-order valence-electron chi connectivity index (χ0n) is 6.26. The minimum absolute atomic E-state index is 0.0930. The third kappa shape index (κ3) is 3.13. The second-order valence-corrected chi connectivity index (χ2v) is 2.51. The van der Waals surface area contributed by atoms with Gasteiger partial charge >= 0.3 is 5.97 Å². The maximum Gasteiger partial charge on any atom is 0.332 e. The summed E-state index contributed by atoms with van der Waals surface area (Å²) in [6, 6.07) is 0. The summed E-state index contributed by atoms with van der Waals surface area (Å²) in [5, 5.41) is 13.0. The summed E-state index contributed by atoms with van der Waals surface area (Å²) in [5.41, 5.74) is 1.99. The summed E-state index contributed by atoms with van der Waals surface area (Å²) < 4.78 is 3.45. The third-order valence-corrected chi connectivity index (χ3v) is 1.46. The fraction of sp³-hybridized carbons (Fsp3) is 0.200. The van der Waals surface area contributed by atoms with E-state index >= 15 is 0 Å². The fourth-order valence-electron chi connectivity index (χ4n) is 0.479. The minimum atomic E-state index is -1.17. The van der Waals surface area contributed by atoms with Crippen LogP contribution in [0.4, 0.5) is 0 Å². The van der Waals surface area contributed by atoms with Crippen LogP contribution in [0.1, 0.15) is 10.5 Å². The maximum absolute atomic E-state index is 11.0. The molecule has 0 saturated carbocycles. The van der Waals surface area contributed by atoms with Crippen LogP contribution in [0.15, 0.2) is 5.38 Å². The predicted molar refractivity (Wildman–Crippen MR) is 41.0 cm³/mol. The van der Waals surface area contributed by atoms with Gasteiger partial charge in [-0.3, -0.25) is 9.63 Å². The van der Waals surface area contributed by atoms with Crippen molar-refractivity contribution >= 4 is 23.4 Å². The number of hydrogen-bond donors (Lipinski definition) is 2. The first-order chi connectivity index (χ1) is 6.20. The summed E-state index contributed by atoms with van der Waals surface area (Å²) in [6.45, 7) is -0.594. The van der Waals surface area contributed by atoms with Gasteiger partial charge in [0, 0.05) is 5.38 Å². The predicted octanol–water partition coefficient (Wildman–Crippen LogP) is -0.716. The molecule has 0 bridgehead atoms. The van der Waals surface area contributed by atoms with Crippen LogP contribution in [0.2, 0.25) is 0 Å². The fourth-order valence-corrected chi connectivity index (χ4v) is 0.915. The van der Waals surface area contributed by atoms with E-state index in [4.69, 9.17) is 5.11 Å². The number of hydrogen-bond acceptors (Lipinski definition) is 6. The Morgan fingerprint density at radius 1 is 1.69 bits per heavy atom. The zero-order valence-corrected chi connectivity index (χ0v) is 7.08. The highest BCUT2D eigenvalue weighted by molar-refractivity contribution is 7.03. The number of aromatic nitrogens is 2. The van der Waals surface area contributed by atoms with Crippen molar-refractivity contribution in [1.82, 2.24) is 15.1 Å². The molecule has 1 heterocycles. The number of hydroxylamine groups is 1. The molecule has 8 heteroatoms. The SMILES string of the molecule is O=C(O)CONC(=O)c1csnn1. The molecule has 0 aromatic carbocycles. The largest absolute Gasteiger partial charge is 0.479 e. The van der Waals surface area contributed by atoms with Gasteiger partial charge in [-0.1, -0.05) is 4.49 Å². The Morgan fingerprint density at radius 3 is 3.00 bits per heavy atom. The molecule has 1 aromatic rings. The van der Waals surface area contributed by atoms with Crippen LogP contribution in [0, 0.1) is 0 Å². The smallest absolute Gasteiger partial charge is 0.332 e. The Hall–Kier alpha value is -1.54. The first-order valence-electron chi connectivity index (χ1n) is 3.11. The van der Waals surface area contributed by atoms with Gasteiger partial charge in [-0.15, -0.1) is 5.10 Å². The van der Waals surface area contributed by atoms with Gasteiger partial charge in [0.1, 0.15) is 0 Å². The molecule has 0 spiro atoms. The number of carboxylic acids is 1. The molecule has 0 aliphatic rings. The van der Waals surface area contributed by atoms with E-state index in [-0.39, 0.29) is 5.69 Å². The Kier molecular flexibility index (Phi) is 3.29. The molecule has 0 fully saturated rings. The van der Waals surface area contributed by atoms with Gasteiger partial charge < -0.3 is 5.11 Å². The minimum Gasteiger partial charge on any atom is -0.479 e. The van der Waals surface area contributed by atoms with Crippen molar-refractivity contribution in [3.8, 4) is 0 Å². The highest BCUT2D eigenvalue weighted by Gasteiger charge is 2.08. The van der Waals surface area contributed by atoms with Crippen LogP contribution in [-0.2, 0) is 9.63 Å². The lowest BCUT2D eigenvalue weighted by Gasteiger charge is -1.99. The maximum atomic E-state index is 11.0. The van der Waals surface area contributed by atoms with Crippen LogP contribution < -0.4 is 5.48 Å². The molecule has 0 atom stereocenters. The molecule has 1 amide bonds. The van der Waals surface area contributed by atoms with Gasteiger partial charge in [0.2, 0.25) is 0 Å². The number of carbonyl (C=O) groups is 2. The summed E-state index contributed by atoms with van der Waals surface area (Å²) in [5.74, 6) is -1.79. The van der Waals surface area contributed by atoms with E-state index in [0.29, 0.717) is 0 Å². The van der Waals surface area contributed by atoms with Gasteiger partial charge in [0.25, 0.3) is 5.91 Å². The first kappa shape index (κ1) is 9.55. The van der Waals surface area contributed by atoms with E-state index in [1.807, 2.05) is 5.48 Å². The zero-order chi connectivity index (χ0) is 9.68. The highest BCUT2D eigenvalue weighted by atomic mass is 32.1. The number of carbonyl (C=O) groups excluding carboxylic acids is 1. The van der Waals surface area contributed by atoms with E-state index in [2.05, 4.69) is 14.4 Å². The number of amides is 1.